The Hall–Kier alpha value is -0.780. The summed E-state index contributed by atoms with van der Waals surface area (Å²) in [7, 11) is 0. The van der Waals surface area contributed by atoms with Crippen LogP contribution in [0.15, 0.2) is 0 Å². The zero-order valence-corrected chi connectivity index (χ0v) is 16.5. The molecule has 0 amide bonds. The summed E-state index contributed by atoms with van der Waals surface area (Å²) in [5, 5.41) is 0. The van der Waals surface area contributed by atoms with Crippen LogP contribution in [0.3, 0.4) is 0 Å². The Balaban J connectivity index is 3.76. The van der Waals surface area contributed by atoms with Gasteiger partial charge < -0.3 is 0 Å². The molecule has 120 valence electrons. The number of benzene rings is 1. The van der Waals surface area contributed by atoms with E-state index < -0.39 is 0 Å². The second kappa shape index (κ2) is 5.14. The van der Waals surface area contributed by atoms with Gasteiger partial charge in [0.25, 0.3) is 0 Å². The largest absolute Gasteiger partial charge is 0.0596 e. The highest BCUT2D eigenvalue weighted by molar-refractivity contribution is 5.53. The standard InChI is InChI=1S/C21H36/c1-13-14(2)16(4)18(17(5)15(13)3)20(9,10)21(11,12)19(6,7)8/h1-12H3. The predicted molar refractivity (Wildman–Crippen MR) is 96.4 cm³/mol. The lowest BCUT2D eigenvalue weighted by Gasteiger charge is -2.52. The Labute approximate surface area is 133 Å². The normalized spacial score (nSPS) is 13.7. The molecule has 1 rings (SSSR count). The molecule has 0 fully saturated rings. The minimum atomic E-state index is 0.128. The molecule has 0 radical (unpaired) electrons. The van der Waals surface area contributed by atoms with Gasteiger partial charge in [0.1, 0.15) is 0 Å². The molecule has 0 aliphatic heterocycles. The summed E-state index contributed by atoms with van der Waals surface area (Å²) < 4.78 is 0. The van der Waals surface area contributed by atoms with Crippen molar-refractivity contribution in [3.05, 3.63) is 33.4 Å². The first-order chi connectivity index (χ1) is 9.18. The highest BCUT2D eigenvalue weighted by atomic mass is 14.5. The van der Waals surface area contributed by atoms with Crippen LogP contribution in [0.4, 0.5) is 0 Å². The van der Waals surface area contributed by atoms with Gasteiger partial charge in [-0.3, -0.25) is 0 Å². The molecule has 0 saturated heterocycles. The van der Waals surface area contributed by atoms with Crippen LogP contribution < -0.4 is 0 Å². The number of hydrogen-bond donors (Lipinski definition) is 0. The smallest absolute Gasteiger partial charge is 0.00420 e. The molecule has 0 heteroatoms. The third-order valence-electron chi connectivity index (χ3n) is 7.06. The van der Waals surface area contributed by atoms with Crippen molar-refractivity contribution in [1.82, 2.24) is 0 Å². The summed E-state index contributed by atoms with van der Waals surface area (Å²) in [6.45, 7) is 28.3. The van der Waals surface area contributed by atoms with E-state index in [0.29, 0.717) is 0 Å². The maximum absolute atomic E-state index is 2.43. The van der Waals surface area contributed by atoms with E-state index >= 15 is 0 Å². The molecule has 1 aromatic carbocycles. The van der Waals surface area contributed by atoms with Crippen molar-refractivity contribution in [3.8, 4) is 0 Å². The van der Waals surface area contributed by atoms with Gasteiger partial charge in [-0.15, -0.1) is 0 Å². The zero-order chi connectivity index (χ0) is 17.0. The Morgan fingerprint density at radius 3 is 1.05 bits per heavy atom. The SMILES string of the molecule is Cc1c(C)c(C)c(C(C)(C)C(C)(C)C(C)(C)C)c(C)c1C. The summed E-state index contributed by atoms with van der Waals surface area (Å²) in [5.41, 5.74) is 9.49. The predicted octanol–water partition coefficient (Wildman–Crippen LogP) is 6.58. The third-order valence-corrected chi connectivity index (χ3v) is 7.06. The van der Waals surface area contributed by atoms with Crippen LogP contribution in [0.5, 0.6) is 0 Å². The van der Waals surface area contributed by atoms with Crippen molar-refractivity contribution < 1.29 is 0 Å². The molecule has 0 aliphatic rings. The maximum atomic E-state index is 2.43. The minimum Gasteiger partial charge on any atom is -0.0596 e. The Morgan fingerprint density at radius 1 is 0.476 bits per heavy atom. The summed E-state index contributed by atoms with van der Waals surface area (Å²) in [4.78, 5) is 0. The van der Waals surface area contributed by atoms with Crippen molar-refractivity contribution in [3.63, 3.8) is 0 Å². The van der Waals surface area contributed by atoms with E-state index in [4.69, 9.17) is 0 Å². The van der Waals surface area contributed by atoms with E-state index in [1.165, 1.54) is 27.8 Å². The van der Waals surface area contributed by atoms with Crippen molar-refractivity contribution in [2.24, 2.45) is 10.8 Å². The first-order valence-corrected chi connectivity index (χ1v) is 8.25. The zero-order valence-electron chi connectivity index (χ0n) is 16.5. The van der Waals surface area contributed by atoms with Gasteiger partial charge in [-0.05, 0) is 84.2 Å². The van der Waals surface area contributed by atoms with Gasteiger partial charge in [0.05, 0.1) is 0 Å². The first-order valence-electron chi connectivity index (χ1n) is 8.25. The van der Waals surface area contributed by atoms with Crippen LogP contribution >= 0.6 is 0 Å². The van der Waals surface area contributed by atoms with Crippen LogP contribution in [0, 0.1) is 45.4 Å². The van der Waals surface area contributed by atoms with E-state index in [1.807, 2.05) is 0 Å². The van der Waals surface area contributed by atoms with E-state index in [2.05, 4.69) is 83.1 Å². The van der Waals surface area contributed by atoms with Crippen LogP contribution in [0.25, 0.3) is 0 Å². The summed E-state index contributed by atoms with van der Waals surface area (Å²) in [6.07, 6.45) is 0. The van der Waals surface area contributed by atoms with Crippen LogP contribution in [0.1, 0.15) is 81.8 Å². The van der Waals surface area contributed by atoms with Crippen LogP contribution in [-0.2, 0) is 5.41 Å². The topological polar surface area (TPSA) is 0 Å². The Bertz CT molecular complexity index is 519. The average Bonchev–Trinajstić information content (AvgIpc) is 2.32. The van der Waals surface area contributed by atoms with Gasteiger partial charge in [0.15, 0.2) is 0 Å². The van der Waals surface area contributed by atoms with Crippen LogP contribution in [0.2, 0.25) is 0 Å². The van der Waals surface area contributed by atoms with Crippen molar-refractivity contribution in [2.75, 3.05) is 0 Å². The van der Waals surface area contributed by atoms with Gasteiger partial charge in [-0.1, -0.05) is 48.5 Å². The maximum Gasteiger partial charge on any atom is -0.00420 e. The molecular formula is C21H36. The average molecular weight is 289 g/mol. The van der Waals surface area contributed by atoms with Gasteiger partial charge >= 0.3 is 0 Å². The molecule has 0 bridgehead atoms. The van der Waals surface area contributed by atoms with E-state index in [9.17, 15) is 0 Å². The second-order valence-electron chi connectivity index (χ2n) is 9.00. The molecule has 1 aromatic rings. The summed E-state index contributed by atoms with van der Waals surface area (Å²) >= 11 is 0. The lowest BCUT2D eigenvalue weighted by Crippen LogP contribution is -2.46. The lowest BCUT2D eigenvalue weighted by molar-refractivity contribution is 0.0448. The molecule has 21 heavy (non-hydrogen) atoms. The molecule has 0 aliphatic carbocycles. The molecule has 0 saturated carbocycles. The molecular weight excluding hydrogens is 252 g/mol. The molecule has 0 aromatic heterocycles. The molecule has 0 unspecified atom stereocenters. The van der Waals surface area contributed by atoms with Crippen molar-refractivity contribution >= 4 is 0 Å². The molecule has 0 spiro atoms. The summed E-state index contributed by atoms with van der Waals surface area (Å²) in [5.74, 6) is 0. The first kappa shape index (κ1) is 18.3. The molecule has 0 N–H and O–H groups in total. The van der Waals surface area contributed by atoms with Gasteiger partial charge in [-0.25, -0.2) is 0 Å². The van der Waals surface area contributed by atoms with Crippen molar-refractivity contribution in [1.29, 1.82) is 0 Å². The highest BCUT2D eigenvalue weighted by Crippen LogP contribution is 2.54. The van der Waals surface area contributed by atoms with E-state index in [0.717, 1.165) is 0 Å². The fraction of sp³-hybridized carbons (Fsp3) is 0.714. The van der Waals surface area contributed by atoms with E-state index in [1.54, 1.807) is 5.56 Å². The third kappa shape index (κ3) is 2.56. The summed E-state index contributed by atoms with van der Waals surface area (Å²) in [6, 6.07) is 0. The Kier molecular flexibility index (Phi) is 4.47. The molecule has 0 nitrogen and oxygen atoms in total. The number of hydrogen-bond acceptors (Lipinski definition) is 0. The molecule has 0 heterocycles. The van der Waals surface area contributed by atoms with Crippen molar-refractivity contribution in [2.45, 2.75) is 88.5 Å². The lowest BCUT2D eigenvalue weighted by atomic mass is 9.52. The number of rotatable bonds is 2. The highest BCUT2D eigenvalue weighted by Gasteiger charge is 2.47. The molecule has 0 atom stereocenters. The van der Waals surface area contributed by atoms with Gasteiger partial charge in [0.2, 0.25) is 0 Å². The fourth-order valence-corrected chi connectivity index (χ4v) is 3.69. The quantitative estimate of drug-likeness (QED) is 0.576. The minimum absolute atomic E-state index is 0.128. The monoisotopic (exact) mass is 288 g/mol. The van der Waals surface area contributed by atoms with E-state index in [-0.39, 0.29) is 16.2 Å². The van der Waals surface area contributed by atoms with Gasteiger partial charge in [-0.2, -0.15) is 0 Å². The van der Waals surface area contributed by atoms with Gasteiger partial charge in [0, 0.05) is 0 Å². The Morgan fingerprint density at radius 2 is 0.762 bits per heavy atom. The van der Waals surface area contributed by atoms with Crippen LogP contribution in [-0.4, -0.2) is 0 Å². The fourth-order valence-electron chi connectivity index (χ4n) is 3.69. The second-order valence-corrected chi connectivity index (χ2v) is 9.00.